The third-order valence-corrected chi connectivity index (χ3v) is 4.43. The highest BCUT2D eigenvalue weighted by molar-refractivity contribution is 7.99. The fourth-order valence-corrected chi connectivity index (χ4v) is 3.36. The van der Waals surface area contributed by atoms with E-state index in [1.54, 1.807) is 23.7 Å². The lowest BCUT2D eigenvalue weighted by molar-refractivity contribution is 0.0743. The molecule has 1 aliphatic heterocycles. The summed E-state index contributed by atoms with van der Waals surface area (Å²) < 4.78 is 13.8. The monoisotopic (exact) mass is 293 g/mol. The molecule has 2 rings (SSSR count). The van der Waals surface area contributed by atoms with Gasteiger partial charge in [0.05, 0.1) is 5.56 Å². The maximum atomic E-state index is 13.8. The van der Waals surface area contributed by atoms with Crippen LogP contribution in [0.4, 0.5) is 4.39 Å². The number of halogens is 1. The van der Waals surface area contributed by atoms with E-state index in [2.05, 4.69) is 11.8 Å². The van der Waals surface area contributed by atoms with Gasteiger partial charge in [-0.25, -0.2) is 4.39 Å². The summed E-state index contributed by atoms with van der Waals surface area (Å²) in [6, 6.07) is 4.35. The molecule has 1 atom stereocenters. The van der Waals surface area contributed by atoms with E-state index in [-0.39, 0.29) is 24.1 Å². The number of hydrogen-bond acceptors (Lipinski definition) is 3. The van der Waals surface area contributed by atoms with Crippen molar-refractivity contribution < 1.29 is 14.3 Å². The Morgan fingerprint density at radius 2 is 2.40 bits per heavy atom. The number of aliphatic hydroxyl groups is 1. The van der Waals surface area contributed by atoms with Crippen molar-refractivity contribution in [2.75, 3.05) is 25.2 Å². The summed E-state index contributed by atoms with van der Waals surface area (Å²) in [6.07, 6.45) is 0.943. The predicted molar refractivity (Wildman–Crippen MR) is 78.2 cm³/mol. The molecule has 5 heteroatoms. The minimum absolute atomic E-state index is 0.0362. The Morgan fingerprint density at radius 3 is 3.05 bits per heavy atom. The lowest BCUT2D eigenvalue weighted by Crippen LogP contribution is -2.37. The molecule has 1 aromatic rings. The molecule has 1 aliphatic rings. The van der Waals surface area contributed by atoms with E-state index >= 15 is 0 Å². The van der Waals surface area contributed by atoms with Gasteiger partial charge in [0, 0.05) is 24.4 Å². The predicted octanol–water partition coefficient (Wildman–Crippen LogP) is 1.75. The minimum atomic E-state index is -0.540. The van der Waals surface area contributed by atoms with Gasteiger partial charge in [-0.3, -0.25) is 4.79 Å². The number of carbonyl (C=O) groups excluding carboxylic acids is 1. The van der Waals surface area contributed by atoms with Crippen molar-refractivity contribution in [3.63, 3.8) is 0 Å². The van der Waals surface area contributed by atoms with Crippen molar-refractivity contribution in [3.05, 3.63) is 35.1 Å². The zero-order valence-electron chi connectivity index (χ0n) is 11.2. The summed E-state index contributed by atoms with van der Waals surface area (Å²) in [5.74, 6) is 6.25. The Kier molecular flexibility index (Phi) is 5.05. The van der Waals surface area contributed by atoms with Gasteiger partial charge in [-0.1, -0.05) is 11.8 Å². The average molecular weight is 293 g/mol. The van der Waals surface area contributed by atoms with Crippen molar-refractivity contribution in [2.24, 2.45) is 0 Å². The van der Waals surface area contributed by atoms with E-state index < -0.39 is 5.82 Å². The van der Waals surface area contributed by atoms with Gasteiger partial charge in [-0.05, 0) is 30.4 Å². The van der Waals surface area contributed by atoms with Crippen molar-refractivity contribution in [1.82, 2.24) is 4.90 Å². The highest BCUT2D eigenvalue weighted by Crippen LogP contribution is 2.23. The quantitative estimate of drug-likeness (QED) is 0.845. The summed E-state index contributed by atoms with van der Waals surface area (Å²) >= 11 is 1.80. The molecule has 0 aliphatic carbocycles. The molecule has 1 saturated heterocycles. The maximum Gasteiger partial charge on any atom is 0.256 e. The van der Waals surface area contributed by atoms with E-state index in [1.165, 1.54) is 18.2 Å². The topological polar surface area (TPSA) is 40.5 Å². The van der Waals surface area contributed by atoms with Crippen LogP contribution in [0.5, 0.6) is 0 Å². The van der Waals surface area contributed by atoms with Crippen LogP contribution in [0.1, 0.15) is 22.3 Å². The molecule has 1 fully saturated rings. The van der Waals surface area contributed by atoms with Gasteiger partial charge in [0.15, 0.2) is 0 Å². The first-order chi connectivity index (χ1) is 9.63. The summed E-state index contributed by atoms with van der Waals surface area (Å²) in [5, 5.41) is 8.67. The molecule has 1 heterocycles. The normalized spacial score (nSPS) is 17.4. The first-order valence-corrected chi connectivity index (χ1v) is 7.53. The summed E-state index contributed by atoms with van der Waals surface area (Å²) in [7, 11) is 1.71. The molecule has 20 heavy (non-hydrogen) atoms. The van der Waals surface area contributed by atoms with Crippen molar-refractivity contribution in [1.29, 1.82) is 0 Å². The van der Waals surface area contributed by atoms with Gasteiger partial charge in [-0.2, -0.15) is 11.8 Å². The van der Waals surface area contributed by atoms with E-state index in [0.29, 0.717) is 5.56 Å². The molecule has 1 N–H and O–H groups in total. The fraction of sp³-hybridized carbons (Fsp3) is 0.400. The van der Waals surface area contributed by atoms with Crippen molar-refractivity contribution >= 4 is 17.7 Å². The largest absolute Gasteiger partial charge is 0.384 e. The Hall–Kier alpha value is -1.51. The van der Waals surface area contributed by atoms with E-state index in [9.17, 15) is 9.18 Å². The van der Waals surface area contributed by atoms with Crippen LogP contribution >= 0.6 is 11.8 Å². The Morgan fingerprint density at radius 1 is 1.60 bits per heavy atom. The van der Waals surface area contributed by atoms with Crippen LogP contribution < -0.4 is 0 Å². The zero-order valence-corrected chi connectivity index (χ0v) is 12.0. The van der Waals surface area contributed by atoms with Crippen LogP contribution in [0.2, 0.25) is 0 Å². The molecule has 0 bridgehead atoms. The van der Waals surface area contributed by atoms with Crippen LogP contribution in [0.3, 0.4) is 0 Å². The number of rotatable bonds is 2. The molecule has 1 unspecified atom stereocenters. The van der Waals surface area contributed by atoms with Crippen LogP contribution in [0.25, 0.3) is 0 Å². The molecule has 1 amide bonds. The third-order valence-electron chi connectivity index (χ3n) is 3.28. The van der Waals surface area contributed by atoms with Gasteiger partial charge < -0.3 is 10.0 Å². The molecule has 0 aromatic heterocycles. The number of amides is 1. The summed E-state index contributed by atoms with van der Waals surface area (Å²) in [6.45, 7) is -0.264. The average Bonchev–Trinajstić information content (AvgIpc) is 2.99. The van der Waals surface area contributed by atoms with Gasteiger partial charge in [0.25, 0.3) is 5.91 Å². The number of thioether (sulfide) groups is 1. The van der Waals surface area contributed by atoms with Crippen LogP contribution in [0, 0.1) is 17.7 Å². The summed E-state index contributed by atoms with van der Waals surface area (Å²) in [5.41, 5.74) is 0.562. The molecule has 3 nitrogen and oxygen atoms in total. The van der Waals surface area contributed by atoms with Gasteiger partial charge in [-0.15, -0.1) is 0 Å². The number of hydrogen-bond donors (Lipinski definition) is 1. The van der Waals surface area contributed by atoms with Gasteiger partial charge in [0.1, 0.15) is 12.4 Å². The van der Waals surface area contributed by atoms with Crippen LogP contribution in [0.15, 0.2) is 18.2 Å². The standard InChI is InChI=1S/C15H16FNO2S/c1-17(12-6-8-20-10-12)15(19)13-9-11(3-2-7-18)4-5-14(13)16/h4-5,9,12,18H,6-8,10H2,1H3. The number of aliphatic hydroxyl groups excluding tert-OH is 1. The SMILES string of the molecule is CN(C(=O)c1cc(C#CCO)ccc1F)C1CCSC1. The van der Waals surface area contributed by atoms with Gasteiger partial charge >= 0.3 is 0 Å². The van der Waals surface area contributed by atoms with E-state index in [0.717, 1.165) is 17.9 Å². The molecule has 0 spiro atoms. The second-order valence-corrected chi connectivity index (χ2v) is 5.74. The molecule has 1 aromatic carbocycles. The number of carbonyl (C=O) groups is 1. The van der Waals surface area contributed by atoms with Crippen LogP contribution in [-0.4, -0.2) is 47.1 Å². The number of nitrogens with zero attached hydrogens (tertiary/aromatic N) is 1. The van der Waals surface area contributed by atoms with Crippen molar-refractivity contribution in [3.8, 4) is 11.8 Å². The Labute approximate surface area is 122 Å². The second-order valence-electron chi connectivity index (χ2n) is 4.59. The Balaban J connectivity index is 2.23. The summed E-state index contributed by atoms with van der Waals surface area (Å²) in [4.78, 5) is 14.0. The van der Waals surface area contributed by atoms with Crippen LogP contribution in [-0.2, 0) is 0 Å². The third kappa shape index (κ3) is 3.33. The molecule has 0 radical (unpaired) electrons. The maximum absolute atomic E-state index is 13.8. The first kappa shape index (κ1) is 14.9. The molecule has 106 valence electrons. The lowest BCUT2D eigenvalue weighted by atomic mass is 10.1. The van der Waals surface area contributed by atoms with E-state index in [1.807, 2.05) is 0 Å². The smallest absolute Gasteiger partial charge is 0.256 e. The zero-order chi connectivity index (χ0) is 14.5. The highest BCUT2D eigenvalue weighted by Gasteiger charge is 2.26. The first-order valence-electron chi connectivity index (χ1n) is 6.37. The van der Waals surface area contributed by atoms with Crippen molar-refractivity contribution in [2.45, 2.75) is 12.5 Å². The molecular formula is C15H16FNO2S. The molecule has 0 saturated carbocycles. The highest BCUT2D eigenvalue weighted by atomic mass is 32.2. The van der Waals surface area contributed by atoms with E-state index in [4.69, 9.17) is 5.11 Å². The minimum Gasteiger partial charge on any atom is -0.384 e. The number of benzene rings is 1. The molecular weight excluding hydrogens is 277 g/mol. The second kappa shape index (κ2) is 6.78. The van der Waals surface area contributed by atoms with Gasteiger partial charge in [0.2, 0.25) is 0 Å². The fourth-order valence-electron chi connectivity index (χ4n) is 2.09. The Bertz CT molecular complexity index is 559. The lowest BCUT2D eigenvalue weighted by Gasteiger charge is -2.24.